The molecule has 1 aliphatic rings. The summed E-state index contributed by atoms with van der Waals surface area (Å²) >= 11 is 8.52. The fourth-order valence-corrected chi connectivity index (χ4v) is 4.75. The van der Waals surface area contributed by atoms with E-state index in [4.69, 9.17) is 16.6 Å². The van der Waals surface area contributed by atoms with Crippen LogP contribution in [-0.4, -0.2) is 54.2 Å². The van der Waals surface area contributed by atoms with Crippen molar-refractivity contribution in [2.75, 3.05) is 49.3 Å². The number of fused-ring (bicyclic) bond motifs is 1. The van der Waals surface area contributed by atoms with Gasteiger partial charge in [-0.3, -0.25) is 0 Å². The molecular formula is C25H31ClN4S. The molecule has 31 heavy (non-hydrogen) atoms. The van der Waals surface area contributed by atoms with Crippen LogP contribution >= 0.6 is 23.4 Å². The molecule has 0 spiro atoms. The molecule has 0 atom stereocenters. The lowest BCUT2D eigenvalue weighted by Gasteiger charge is -2.35. The maximum absolute atomic E-state index is 6.64. The zero-order valence-corrected chi connectivity index (χ0v) is 20.0. The Morgan fingerprint density at radius 3 is 2.58 bits per heavy atom. The fraction of sp³-hybridized carbons (Fsp3) is 0.400. The van der Waals surface area contributed by atoms with Gasteiger partial charge < -0.3 is 15.1 Å². The molecule has 164 valence electrons. The van der Waals surface area contributed by atoms with Gasteiger partial charge in [-0.1, -0.05) is 61.8 Å². The lowest BCUT2D eigenvalue weighted by molar-refractivity contribution is 0.271. The molecule has 1 saturated heterocycles. The molecule has 1 N–H and O–H groups in total. The second-order valence-corrected chi connectivity index (χ2v) is 9.53. The van der Waals surface area contributed by atoms with Crippen molar-refractivity contribution in [3.8, 4) is 11.3 Å². The largest absolute Gasteiger partial charge is 0.354 e. The standard InChI is InChI=1S/C25H31ClN4S/c1-3-29-11-13-30(14-12-29)25-22-8-6-5-7-19(22)16-24(28-25)20-9-10-21(23(26)15-20)17-27-18-31-4-2/h5-10,15-16,27H,3-4,11-14,17-18H2,1-2H3. The normalized spacial score (nSPS) is 15.0. The molecule has 1 aromatic heterocycles. The van der Waals surface area contributed by atoms with Crippen molar-refractivity contribution in [1.82, 2.24) is 15.2 Å². The predicted molar refractivity (Wildman–Crippen MR) is 136 cm³/mol. The third kappa shape index (κ3) is 5.35. The number of likely N-dealkylation sites (N-methyl/N-ethyl adjacent to an activating group) is 1. The Hall–Kier alpha value is -1.79. The van der Waals surface area contributed by atoms with Crippen molar-refractivity contribution in [3.05, 3.63) is 59.1 Å². The number of aromatic nitrogens is 1. The van der Waals surface area contributed by atoms with E-state index in [0.29, 0.717) is 0 Å². The first-order valence-corrected chi connectivity index (χ1v) is 12.7. The molecule has 1 aliphatic heterocycles. The topological polar surface area (TPSA) is 31.4 Å². The number of nitrogens with one attached hydrogen (secondary N) is 1. The van der Waals surface area contributed by atoms with E-state index in [2.05, 4.69) is 77.5 Å². The Bertz CT molecular complexity index is 1020. The highest BCUT2D eigenvalue weighted by Crippen LogP contribution is 2.32. The summed E-state index contributed by atoms with van der Waals surface area (Å²) in [7, 11) is 0. The Morgan fingerprint density at radius 1 is 1.03 bits per heavy atom. The van der Waals surface area contributed by atoms with Crippen LogP contribution in [0.25, 0.3) is 22.0 Å². The van der Waals surface area contributed by atoms with Crippen LogP contribution in [0.4, 0.5) is 5.82 Å². The van der Waals surface area contributed by atoms with Crippen LogP contribution in [0.5, 0.6) is 0 Å². The third-order valence-electron chi connectivity index (χ3n) is 5.91. The van der Waals surface area contributed by atoms with Crippen molar-refractivity contribution < 1.29 is 0 Å². The molecule has 0 unspecified atom stereocenters. The number of rotatable bonds is 8. The van der Waals surface area contributed by atoms with E-state index in [0.717, 1.165) is 78.6 Å². The average molecular weight is 455 g/mol. The Balaban J connectivity index is 1.63. The van der Waals surface area contributed by atoms with Gasteiger partial charge >= 0.3 is 0 Å². The van der Waals surface area contributed by atoms with Gasteiger partial charge in [0.25, 0.3) is 0 Å². The fourth-order valence-electron chi connectivity index (χ4n) is 4.06. The number of hydrogen-bond donors (Lipinski definition) is 1. The third-order valence-corrected chi connectivity index (χ3v) is 7.08. The maximum Gasteiger partial charge on any atom is 0.137 e. The van der Waals surface area contributed by atoms with Gasteiger partial charge in [0.15, 0.2) is 0 Å². The van der Waals surface area contributed by atoms with Crippen LogP contribution in [0.2, 0.25) is 5.02 Å². The smallest absolute Gasteiger partial charge is 0.137 e. The van der Waals surface area contributed by atoms with E-state index in [9.17, 15) is 0 Å². The first kappa shape index (κ1) is 22.4. The summed E-state index contributed by atoms with van der Waals surface area (Å²) in [6.45, 7) is 10.5. The van der Waals surface area contributed by atoms with Crippen LogP contribution in [0.15, 0.2) is 48.5 Å². The van der Waals surface area contributed by atoms with Gasteiger partial charge in [0, 0.05) is 54.6 Å². The predicted octanol–water partition coefficient (Wildman–Crippen LogP) is 5.50. The van der Waals surface area contributed by atoms with Crippen LogP contribution < -0.4 is 10.2 Å². The number of benzene rings is 2. The van der Waals surface area contributed by atoms with Crippen molar-refractivity contribution in [2.45, 2.75) is 20.4 Å². The number of piperazine rings is 1. The molecule has 0 saturated carbocycles. The molecular weight excluding hydrogens is 424 g/mol. The quantitative estimate of drug-likeness (QED) is 0.359. The van der Waals surface area contributed by atoms with Crippen molar-refractivity contribution in [2.24, 2.45) is 0 Å². The highest BCUT2D eigenvalue weighted by atomic mass is 35.5. The zero-order valence-electron chi connectivity index (χ0n) is 18.4. The first-order chi connectivity index (χ1) is 15.2. The maximum atomic E-state index is 6.64. The summed E-state index contributed by atoms with van der Waals surface area (Å²) in [5.41, 5.74) is 3.17. The highest BCUT2D eigenvalue weighted by molar-refractivity contribution is 7.99. The number of hydrogen-bond acceptors (Lipinski definition) is 5. The van der Waals surface area contributed by atoms with E-state index in [1.165, 1.54) is 10.8 Å². The van der Waals surface area contributed by atoms with E-state index in [1.807, 2.05) is 11.8 Å². The Morgan fingerprint density at radius 2 is 1.84 bits per heavy atom. The summed E-state index contributed by atoms with van der Waals surface area (Å²) in [5.74, 6) is 3.14. The van der Waals surface area contributed by atoms with Gasteiger partial charge in [0.05, 0.1) is 5.69 Å². The summed E-state index contributed by atoms with van der Waals surface area (Å²) in [4.78, 5) is 10.1. The van der Waals surface area contributed by atoms with Crippen molar-refractivity contribution >= 4 is 40.0 Å². The lowest BCUT2D eigenvalue weighted by Crippen LogP contribution is -2.46. The van der Waals surface area contributed by atoms with Gasteiger partial charge in [0.2, 0.25) is 0 Å². The molecule has 0 radical (unpaired) electrons. The number of thioether (sulfide) groups is 1. The van der Waals surface area contributed by atoms with Crippen LogP contribution in [-0.2, 0) is 6.54 Å². The molecule has 3 aromatic rings. The molecule has 0 bridgehead atoms. The molecule has 6 heteroatoms. The van der Waals surface area contributed by atoms with Crippen LogP contribution in [0.3, 0.4) is 0 Å². The molecule has 0 aliphatic carbocycles. The van der Waals surface area contributed by atoms with Gasteiger partial charge in [-0.2, -0.15) is 0 Å². The second-order valence-electron chi connectivity index (χ2n) is 7.84. The molecule has 1 fully saturated rings. The molecule has 4 rings (SSSR count). The van der Waals surface area contributed by atoms with Gasteiger partial charge in [0.1, 0.15) is 5.82 Å². The highest BCUT2D eigenvalue weighted by Gasteiger charge is 2.20. The van der Waals surface area contributed by atoms with Crippen LogP contribution in [0, 0.1) is 0 Å². The average Bonchev–Trinajstić information content (AvgIpc) is 2.82. The monoisotopic (exact) mass is 454 g/mol. The number of halogens is 1. The van der Waals surface area contributed by atoms with E-state index >= 15 is 0 Å². The minimum atomic E-state index is 0.782. The number of pyridine rings is 1. The van der Waals surface area contributed by atoms with Gasteiger partial charge in [-0.05, 0) is 35.4 Å². The summed E-state index contributed by atoms with van der Waals surface area (Å²) < 4.78 is 0. The van der Waals surface area contributed by atoms with Crippen LogP contribution in [0.1, 0.15) is 19.4 Å². The van der Waals surface area contributed by atoms with E-state index < -0.39 is 0 Å². The van der Waals surface area contributed by atoms with E-state index in [-0.39, 0.29) is 0 Å². The minimum absolute atomic E-state index is 0.782. The molecule has 4 nitrogen and oxygen atoms in total. The number of anilines is 1. The van der Waals surface area contributed by atoms with Crippen molar-refractivity contribution in [3.63, 3.8) is 0 Å². The Labute approximate surface area is 195 Å². The SMILES string of the molecule is CCSCNCc1ccc(-c2cc3ccccc3c(N3CCN(CC)CC3)n2)cc1Cl. The molecule has 2 aromatic carbocycles. The molecule has 2 heterocycles. The van der Waals surface area contributed by atoms with Gasteiger partial charge in [-0.25, -0.2) is 4.98 Å². The Kier molecular flexibility index (Phi) is 7.72. The van der Waals surface area contributed by atoms with E-state index in [1.54, 1.807) is 0 Å². The summed E-state index contributed by atoms with van der Waals surface area (Å²) in [6, 6.07) is 17.1. The number of nitrogens with zero attached hydrogens (tertiary/aromatic N) is 3. The molecule has 0 amide bonds. The lowest BCUT2D eigenvalue weighted by atomic mass is 10.0. The van der Waals surface area contributed by atoms with Gasteiger partial charge in [-0.15, -0.1) is 11.8 Å². The summed E-state index contributed by atoms with van der Waals surface area (Å²) in [6.07, 6.45) is 0. The first-order valence-electron chi connectivity index (χ1n) is 11.1. The minimum Gasteiger partial charge on any atom is -0.354 e. The summed E-state index contributed by atoms with van der Waals surface area (Å²) in [5, 5.41) is 6.67. The van der Waals surface area contributed by atoms with Crippen molar-refractivity contribution in [1.29, 1.82) is 0 Å². The second kappa shape index (κ2) is 10.7. The zero-order chi connectivity index (χ0) is 21.6.